The highest BCUT2D eigenvalue weighted by Gasteiger charge is 2.30. The molecule has 0 bridgehead atoms. The van der Waals surface area contributed by atoms with Crippen LogP contribution in [-0.4, -0.2) is 32.0 Å². The lowest BCUT2D eigenvalue weighted by molar-refractivity contribution is -0.116. The average Bonchev–Trinajstić information content (AvgIpc) is 3.83. The number of H-pyrrole nitrogens is 1. The van der Waals surface area contributed by atoms with Crippen molar-refractivity contribution in [2.75, 3.05) is 10.6 Å². The first-order valence-corrected chi connectivity index (χ1v) is 18.5. The molecule has 1 fully saturated rings. The predicted octanol–water partition coefficient (Wildman–Crippen LogP) is 8.98. The van der Waals surface area contributed by atoms with Crippen LogP contribution < -0.4 is 10.6 Å². The molecule has 3 heterocycles. The lowest BCUT2D eigenvalue weighted by Crippen LogP contribution is -2.14. The normalized spacial score (nSPS) is 20.6. The molecule has 7 rings (SSSR count). The molecule has 4 atom stereocenters. The van der Waals surface area contributed by atoms with Crippen LogP contribution in [0.2, 0.25) is 0 Å². The van der Waals surface area contributed by atoms with Crippen molar-refractivity contribution in [3.8, 4) is 0 Å². The highest BCUT2D eigenvalue weighted by molar-refractivity contribution is 7.16. The highest BCUT2D eigenvalue weighted by atomic mass is 32.1. The van der Waals surface area contributed by atoms with E-state index in [2.05, 4.69) is 76.6 Å². The SMILES string of the molecule is CCc1nc(NC(=O)Cc2c[nH]c3ccccc23)sc1C1CCCC(c2nnc(NC(=O)CC3=C=CC(C)C(C)c4ccccc43)s2)C1. The van der Waals surface area contributed by atoms with E-state index in [0.29, 0.717) is 34.4 Å². The topological polar surface area (TPSA) is 113 Å². The molecule has 246 valence electrons. The van der Waals surface area contributed by atoms with Gasteiger partial charge in [0.05, 0.1) is 18.5 Å². The molecule has 4 unspecified atom stereocenters. The molecule has 0 aliphatic heterocycles. The molecule has 2 aromatic carbocycles. The zero-order valence-electron chi connectivity index (χ0n) is 27.5. The first-order chi connectivity index (χ1) is 23.4. The van der Waals surface area contributed by atoms with Crippen LogP contribution in [0.3, 0.4) is 0 Å². The van der Waals surface area contributed by atoms with Crippen molar-refractivity contribution in [3.63, 3.8) is 0 Å². The van der Waals surface area contributed by atoms with E-state index >= 15 is 0 Å². The molecule has 5 aromatic rings. The Morgan fingerprint density at radius 1 is 0.938 bits per heavy atom. The molecule has 48 heavy (non-hydrogen) atoms. The summed E-state index contributed by atoms with van der Waals surface area (Å²) in [5.41, 5.74) is 9.75. The number of carbonyl (C=O) groups excluding carboxylic acids is 2. The fourth-order valence-corrected chi connectivity index (χ4v) is 9.21. The van der Waals surface area contributed by atoms with E-state index in [1.807, 2.05) is 36.5 Å². The molecule has 2 aliphatic rings. The molecule has 8 nitrogen and oxygen atoms in total. The summed E-state index contributed by atoms with van der Waals surface area (Å²) in [5, 5.41) is 18.2. The Morgan fingerprint density at radius 3 is 2.58 bits per heavy atom. The average molecular weight is 677 g/mol. The highest BCUT2D eigenvalue weighted by Crippen LogP contribution is 2.46. The lowest BCUT2D eigenvalue weighted by atomic mass is 9.80. The van der Waals surface area contributed by atoms with Crippen LogP contribution in [0.15, 0.2) is 66.5 Å². The third-order valence-electron chi connectivity index (χ3n) is 9.84. The maximum atomic E-state index is 13.2. The molecule has 2 aliphatic carbocycles. The largest absolute Gasteiger partial charge is 0.361 e. The van der Waals surface area contributed by atoms with Crippen LogP contribution in [0.5, 0.6) is 0 Å². The summed E-state index contributed by atoms with van der Waals surface area (Å²) in [7, 11) is 0. The second-order valence-electron chi connectivity index (χ2n) is 13.0. The maximum absolute atomic E-state index is 13.2. The summed E-state index contributed by atoms with van der Waals surface area (Å²) in [6, 6.07) is 16.4. The summed E-state index contributed by atoms with van der Waals surface area (Å²) in [6.07, 6.45) is 9.49. The van der Waals surface area contributed by atoms with E-state index in [0.717, 1.165) is 70.4 Å². The zero-order chi connectivity index (χ0) is 33.2. The van der Waals surface area contributed by atoms with Crippen molar-refractivity contribution in [1.82, 2.24) is 20.2 Å². The molecule has 3 N–H and O–H groups in total. The Labute approximate surface area is 288 Å². The zero-order valence-corrected chi connectivity index (χ0v) is 29.1. The van der Waals surface area contributed by atoms with Gasteiger partial charge in [-0.05, 0) is 72.3 Å². The number of nitrogens with one attached hydrogen (secondary N) is 3. The maximum Gasteiger partial charge on any atom is 0.231 e. The quantitative estimate of drug-likeness (QED) is 0.135. The third-order valence-corrected chi connectivity index (χ3v) is 12.0. The fraction of sp³-hybridized carbons (Fsp3) is 0.368. The van der Waals surface area contributed by atoms with Crippen molar-refractivity contribution in [2.24, 2.45) is 5.92 Å². The molecule has 3 aromatic heterocycles. The lowest BCUT2D eigenvalue weighted by Gasteiger charge is -2.27. The van der Waals surface area contributed by atoms with Crippen LogP contribution in [0.1, 0.15) is 103 Å². The summed E-state index contributed by atoms with van der Waals surface area (Å²) in [6.45, 7) is 6.54. The minimum atomic E-state index is -0.108. The van der Waals surface area contributed by atoms with Crippen molar-refractivity contribution in [3.05, 3.63) is 98.8 Å². The number of rotatable bonds is 9. The minimum absolute atomic E-state index is 0.0626. The molecule has 0 spiro atoms. The van der Waals surface area contributed by atoms with Crippen molar-refractivity contribution in [2.45, 2.75) is 83.5 Å². The number of aryl methyl sites for hydroxylation is 1. The monoisotopic (exact) mass is 676 g/mol. The van der Waals surface area contributed by atoms with Gasteiger partial charge in [-0.1, -0.05) is 81.0 Å². The van der Waals surface area contributed by atoms with E-state index < -0.39 is 0 Å². The fourth-order valence-electron chi connectivity index (χ4n) is 7.08. The summed E-state index contributed by atoms with van der Waals surface area (Å²) >= 11 is 3.09. The third kappa shape index (κ3) is 6.79. The van der Waals surface area contributed by atoms with Gasteiger partial charge in [-0.2, -0.15) is 0 Å². The van der Waals surface area contributed by atoms with E-state index in [1.165, 1.54) is 21.8 Å². The number of aromatic amines is 1. The number of carbonyl (C=O) groups is 2. The molecule has 1 saturated carbocycles. The first-order valence-electron chi connectivity index (χ1n) is 16.9. The van der Waals surface area contributed by atoms with Gasteiger partial charge in [-0.15, -0.1) is 27.3 Å². The molecular formula is C38H40N6O2S2. The van der Waals surface area contributed by atoms with Crippen molar-refractivity contribution >= 4 is 61.2 Å². The van der Waals surface area contributed by atoms with E-state index in [4.69, 9.17) is 4.98 Å². The van der Waals surface area contributed by atoms with Gasteiger partial charge in [-0.25, -0.2) is 4.98 Å². The van der Waals surface area contributed by atoms with Crippen LogP contribution in [-0.2, 0) is 22.4 Å². The molecule has 2 amide bonds. The minimum Gasteiger partial charge on any atom is -0.361 e. The van der Waals surface area contributed by atoms with Gasteiger partial charge in [0.2, 0.25) is 16.9 Å². The van der Waals surface area contributed by atoms with Gasteiger partial charge >= 0.3 is 0 Å². The first kappa shape index (κ1) is 32.2. The second kappa shape index (κ2) is 14.0. The number of thiazole rings is 1. The van der Waals surface area contributed by atoms with Crippen LogP contribution >= 0.6 is 22.7 Å². The standard InChI is InChI=1S/C38H40N6O2S2/c1-4-31-35(47-37(40-31)41-34(46)20-27-21-39-32-15-8-7-14-30(27)32)25-10-9-11-26(18-25)36-43-44-38(48-36)42-33(45)19-24-17-16-22(2)23(3)28-12-5-6-13-29(24)28/h5-8,12-16,21-23,25-26,39H,4,9-11,18-20H2,1-3H3,(H,40,41,46)(H,42,44,45). The van der Waals surface area contributed by atoms with Crippen LogP contribution in [0.25, 0.3) is 16.5 Å². The van der Waals surface area contributed by atoms with Gasteiger partial charge in [0, 0.05) is 33.5 Å². The summed E-state index contributed by atoms with van der Waals surface area (Å²) in [4.78, 5) is 35.6. The number of benzene rings is 2. The van der Waals surface area contributed by atoms with Crippen LogP contribution in [0, 0.1) is 5.92 Å². The number of aromatic nitrogens is 4. The number of para-hydroxylation sites is 1. The number of hydrogen-bond acceptors (Lipinski definition) is 7. The van der Waals surface area contributed by atoms with Gasteiger partial charge in [0.1, 0.15) is 5.01 Å². The predicted molar refractivity (Wildman–Crippen MR) is 195 cm³/mol. The van der Waals surface area contributed by atoms with Gasteiger partial charge < -0.3 is 15.6 Å². The smallest absolute Gasteiger partial charge is 0.231 e. The Hall–Kier alpha value is -4.37. The number of amides is 2. The Balaban J connectivity index is 0.990. The Bertz CT molecular complexity index is 2030. The molecule has 10 heteroatoms. The summed E-state index contributed by atoms with van der Waals surface area (Å²) in [5.74, 6) is 1.14. The Morgan fingerprint density at radius 2 is 1.71 bits per heavy atom. The van der Waals surface area contributed by atoms with Crippen molar-refractivity contribution < 1.29 is 9.59 Å². The van der Waals surface area contributed by atoms with E-state index in [1.54, 1.807) is 11.3 Å². The number of fused-ring (bicyclic) bond motifs is 2. The molecular weight excluding hydrogens is 637 g/mol. The second-order valence-corrected chi connectivity index (χ2v) is 15.1. The molecule has 0 saturated heterocycles. The van der Waals surface area contributed by atoms with Gasteiger partial charge in [0.15, 0.2) is 5.13 Å². The van der Waals surface area contributed by atoms with E-state index in [-0.39, 0.29) is 24.2 Å². The van der Waals surface area contributed by atoms with E-state index in [9.17, 15) is 9.59 Å². The Kier molecular flexibility index (Phi) is 9.39. The summed E-state index contributed by atoms with van der Waals surface area (Å²) < 4.78 is 0. The number of hydrogen-bond donors (Lipinski definition) is 3. The number of anilines is 2. The van der Waals surface area contributed by atoms with Crippen LogP contribution in [0.4, 0.5) is 10.3 Å². The van der Waals surface area contributed by atoms with Gasteiger partial charge in [0.25, 0.3) is 0 Å². The van der Waals surface area contributed by atoms with Crippen molar-refractivity contribution in [1.29, 1.82) is 0 Å². The van der Waals surface area contributed by atoms with Gasteiger partial charge in [-0.3, -0.25) is 9.59 Å². The molecule has 0 radical (unpaired) electrons. The number of nitrogens with zero attached hydrogens (tertiary/aromatic N) is 3.